The number of carbonyl (C=O) groups excluding carboxylic acids is 2. The molecule has 0 aliphatic carbocycles. The summed E-state index contributed by atoms with van der Waals surface area (Å²) >= 11 is 0. The van der Waals surface area contributed by atoms with Gasteiger partial charge in [-0.05, 0) is 0 Å². The Balaban J connectivity index is 0.000000288. The van der Waals surface area contributed by atoms with Crippen LogP contribution in [0.1, 0.15) is 5.56 Å². The van der Waals surface area contributed by atoms with Crippen molar-refractivity contribution in [3.63, 3.8) is 0 Å². The second-order valence-corrected chi connectivity index (χ2v) is 2.50. The maximum absolute atomic E-state index is 8.93. The van der Waals surface area contributed by atoms with Crippen molar-refractivity contribution < 1.29 is 25.2 Å². The van der Waals surface area contributed by atoms with Gasteiger partial charge in [0.15, 0.2) is 0 Å². The van der Waals surface area contributed by atoms with E-state index in [9.17, 15) is 0 Å². The molecular formula is C9H11N2O4-. The number of benzene rings is 1. The first-order valence-electron chi connectivity index (χ1n) is 4.07. The Hall–Kier alpha value is -1.92. The van der Waals surface area contributed by atoms with Crippen molar-refractivity contribution in [1.29, 1.82) is 0 Å². The molecule has 4 N–H and O–H groups in total. The predicted octanol–water partition coefficient (Wildman–Crippen LogP) is -3.89. The van der Waals surface area contributed by atoms with Gasteiger partial charge < -0.3 is 19.8 Å². The van der Waals surface area contributed by atoms with Crippen LogP contribution in [0.2, 0.25) is 0 Å². The summed E-state index contributed by atoms with van der Waals surface area (Å²) in [5.41, 5.74) is 2.93. The summed E-state index contributed by atoms with van der Waals surface area (Å²) in [6.07, 6.45) is 0. The zero-order valence-corrected chi connectivity index (χ0v) is 7.88. The minimum absolute atomic E-state index is 0.862. The van der Waals surface area contributed by atoms with Gasteiger partial charge in [-0.3, -0.25) is 5.43 Å². The van der Waals surface area contributed by atoms with E-state index in [1.54, 1.807) is 5.43 Å². The van der Waals surface area contributed by atoms with Gasteiger partial charge in [0, 0.05) is 5.56 Å². The minimum atomic E-state index is -2.19. The molecule has 0 aliphatic rings. The van der Waals surface area contributed by atoms with E-state index in [2.05, 4.69) is 12.1 Å². The van der Waals surface area contributed by atoms with Gasteiger partial charge in [0.25, 0.3) is 0 Å². The second-order valence-electron chi connectivity index (χ2n) is 2.50. The molecule has 0 unspecified atom stereocenters. The SMILES string of the molecule is N[NH2+]Cc1ccccc1.O=C([O-])C(=O)[O-]. The number of rotatable bonds is 2. The highest BCUT2D eigenvalue weighted by atomic mass is 16.4. The number of nitrogens with two attached hydrogens (primary N) is 2. The predicted molar refractivity (Wildman–Crippen MR) is 46.3 cm³/mol. The van der Waals surface area contributed by atoms with E-state index < -0.39 is 11.9 Å². The first kappa shape index (κ1) is 13.1. The highest BCUT2D eigenvalue weighted by molar-refractivity contribution is 6.25. The Kier molecular flexibility index (Phi) is 6.52. The van der Waals surface area contributed by atoms with Crippen LogP contribution >= 0.6 is 0 Å². The summed E-state index contributed by atoms with van der Waals surface area (Å²) in [7, 11) is 0. The molecular weight excluding hydrogens is 200 g/mol. The zero-order chi connectivity index (χ0) is 11.7. The topological polar surface area (TPSA) is 123 Å². The molecule has 0 fully saturated rings. The number of aliphatic carboxylic acids is 2. The van der Waals surface area contributed by atoms with Crippen LogP contribution in [0.3, 0.4) is 0 Å². The van der Waals surface area contributed by atoms with Crippen LogP contribution in [0, 0.1) is 0 Å². The first-order chi connectivity index (χ1) is 7.07. The van der Waals surface area contributed by atoms with E-state index in [1.165, 1.54) is 5.56 Å². The highest BCUT2D eigenvalue weighted by Crippen LogP contribution is 1.93. The smallest absolute Gasteiger partial charge is 0.118 e. The number of carbonyl (C=O) groups is 2. The lowest BCUT2D eigenvalue weighted by Gasteiger charge is -1.97. The second kappa shape index (κ2) is 7.48. The van der Waals surface area contributed by atoms with Gasteiger partial charge >= 0.3 is 0 Å². The van der Waals surface area contributed by atoms with Crippen molar-refractivity contribution in [2.45, 2.75) is 6.54 Å². The van der Waals surface area contributed by atoms with Crippen LogP contribution in [0.15, 0.2) is 30.3 Å². The zero-order valence-electron chi connectivity index (χ0n) is 7.88. The molecule has 1 rings (SSSR count). The quantitative estimate of drug-likeness (QED) is 0.294. The Labute approximate surface area is 86.3 Å². The van der Waals surface area contributed by atoms with Gasteiger partial charge in [0.1, 0.15) is 6.54 Å². The fourth-order valence-corrected chi connectivity index (χ4v) is 0.750. The first-order valence-corrected chi connectivity index (χ1v) is 4.07. The number of hydrogen-bond acceptors (Lipinski definition) is 5. The van der Waals surface area contributed by atoms with Gasteiger partial charge in [0.2, 0.25) is 0 Å². The van der Waals surface area contributed by atoms with E-state index >= 15 is 0 Å². The Bertz CT molecular complexity index is 301. The largest absolute Gasteiger partial charge is 0.543 e. The van der Waals surface area contributed by atoms with Crippen molar-refractivity contribution in [3.8, 4) is 0 Å². The van der Waals surface area contributed by atoms with Crippen molar-refractivity contribution in [2.24, 2.45) is 5.84 Å². The molecule has 0 heterocycles. The lowest BCUT2D eigenvalue weighted by Crippen LogP contribution is -2.89. The number of carboxylic acids is 2. The molecule has 1 aromatic carbocycles. The Morgan fingerprint density at radius 2 is 1.60 bits per heavy atom. The standard InChI is InChI=1S/C7H10N2.C2H2O4/c8-9-6-7-4-2-1-3-5-7;3-1(4)2(5)6/h1-5,9H,6,8H2;(H,3,4)(H,5,6)/p-1. The molecule has 0 amide bonds. The molecule has 0 bridgehead atoms. The molecule has 0 aromatic heterocycles. The highest BCUT2D eigenvalue weighted by Gasteiger charge is 1.87. The molecule has 1 aromatic rings. The van der Waals surface area contributed by atoms with Crippen LogP contribution in [0.4, 0.5) is 0 Å². The summed E-state index contributed by atoms with van der Waals surface area (Å²) in [4.78, 5) is 17.9. The molecule has 0 radical (unpaired) electrons. The molecule has 0 aliphatic heterocycles. The Morgan fingerprint density at radius 3 is 1.93 bits per heavy atom. The maximum atomic E-state index is 8.93. The summed E-state index contributed by atoms with van der Waals surface area (Å²) in [6.45, 7) is 0.862. The van der Waals surface area contributed by atoms with Crippen molar-refractivity contribution in [2.75, 3.05) is 0 Å². The fraction of sp³-hybridized carbons (Fsp3) is 0.111. The average molecular weight is 211 g/mol. The average Bonchev–Trinajstić information content (AvgIpc) is 2.20. The molecule has 0 saturated carbocycles. The van der Waals surface area contributed by atoms with Crippen LogP contribution in [-0.2, 0) is 16.1 Å². The summed E-state index contributed by atoms with van der Waals surface area (Å²) in [5, 5.41) is 17.9. The lowest BCUT2D eigenvalue weighted by atomic mass is 10.2. The van der Waals surface area contributed by atoms with Gasteiger partial charge in [-0.15, -0.1) is 0 Å². The minimum Gasteiger partial charge on any atom is -0.543 e. The lowest BCUT2D eigenvalue weighted by molar-refractivity contribution is -0.683. The van der Waals surface area contributed by atoms with E-state index in [0.717, 1.165) is 6.54 Å². The maximum Gasteiger partial charge on any atom is 0.118 e. The normalized spacial score (nSPS) is 8.60. The van der Waals surface area contributed by atoms with Gasteiger partial charge in [-0.1, -0.05) is 30.3 Å². The summed E-state index contributed by atoms with van der Waals surface area (Å²) in [6, 6.07) is 10.1. The van der Waals surface area contributed by atoms with Crippen molar-refractivity contribution in [1.82, 2.24) is 0 Å². The molecule has 6 heteroatoms. The van der Waals surface area contributed by atoms with E-state index in [-0.39, 0.29) is 0 Å². The number of hydrogen-bond donors (Lipinski definition) is 2. The van der Waals surface area contributed by atoms with Crippen molar-refractivity contribution >= 4 is 11.9 Å². The van der Waals surface area contributed by atoms with Crippen LogP contribution in [0.5, 0.6) is 0 Å². The third-order valence-electron chi connectivity index (χ3n) is 1.36. The molecule has 0 saturated heterocycles. The molecule has 15 heavy (non-hydrogen) atoms. The van der Waals surface area contributed by atoms with E-state index in [1.807, 2.05) is 18.2 Å². The van der Waals surface area contributed by atoms with Gasteiger partial charge in [0.05, 0.1) is 11.9 Å². The van der Waals surface area contributed by atoms with E-state index in [0.29, 0.717) is 0 Å². The summed E-state index contributed by atoms with van der Waals surface area (Å²) in [5.74, 6) is 0.865. The van der Waals surface area contributed by atoms with Crippen molar-refractivity contribution in [3.05, 3.63) is 35.9 Å². The van der Waals surface area contributed by atoms with Crippen LogP contribution < -0.4 is 21.5 Å². The summed E-state index contributed by atoms with van der Waals surface area (Å²) < 4.78 is 0. The molecule has 6 nitrogen and oxygen atoms in total. The Morgan fingerprint density at radius 1 is 1.13 bits per heavy atom. The number of carboxylic acid groups (broad SMARTS) is 2. The van der Waals surface area contributed by atoms with E-state index in [4.69, 9.17) is 25.6 Å². The van der Waals surface area contributed by atoms with Gasteiger partial charge in [-0.2, -0.15) is 5.84 Å². The molecule has 82 valence electrons. The molecule has 0 spiro atoms. The third kappa shape index (κ3) is 7.17. The van der Waals surface area contributed by atoms with Crippen LogP contribution in [-0.4, -0.2) is 11.9 Å². The fourth-order valence-electron chi connectivity index (χ4n) is 0.750. The molecule has 0 atom stereocenters. The number of quaternary nitrogens is 1. The third-order valence-corrected chi connectivity index (χ3v) is 1.36. The van der Waals surface area contributed by atoms with Crippen LogP contribution in [0.25, 0.3) is 0 Å². The monoisotopic (exact) mass is 211 g/mol. The van der Waals surface area contributed by atoms with Gasteiger partial charge in [-0.25, -0.2) is 0 Å².